The van der Waals surface area contributed by atoms with Gasteiger partial charge in [0, 0.05) is 6.07 Å². The molecule has 5 nitrogen and oxygen atoms in total. The van der Waals surface area contributed by atoms with Crippen molar-refractivity contribution in [3.05, 3.63) is 40.5 Å². The first-order valence-electron chi connectivity index (χ1n) is 5.80. The number of halogens is 3. The molecule has 0 aliphatic carbocycles. The Labute approximate surface area is 126 Å². The molecule has 104 valence electrons. The van der Waals surface area contributed by atoms with Gasteiger partial charge in [0.2, 0.25) is 6.39 Å². The van der Waals surface area contributed by atoms with Gasteiger partial charge in [0.1, 0.15) is 11.6 Å². The van der Waals surface area contributed by atoms with Crippen molar-refractivity contribution >= 4 is 38.6 Å². The van der Waals surface area contributed by atoms with Gasteiger partial charge in [-0.3, -0.25) is 0 Å². The van der Waals surface area contributed by atoms with Crippen LogP contribution in [0.5, 0.6) is 0 Å². The zero-order chi connectivity index (χ0) is 14.3. The van der Waals surface area contributed by atoms with E-state index in [1.165, 1.54) is 12.5 Å². The lowest BCUT2D eigenvalue weighted by atomic mass is 10.3. The smallest absolute Gasteiger partial charge is 0.213 e. The number of fused-ring (bicyclic) bond motifs is 1. The third-order valence-electron chi connectivity index (χ3n) is 2.88. The predicted molar refractivity (Wildman–Crippen MR) is 75.1 cm³/mol. The summed E-state index contributed by atoms with van der Waals surface area (Å²) < 4.78 is 20.5. The predicted octanol–water partition coefficient (Wildman–Crippen LogP) is 3.67. The molecule has 1 unspecified atom stereocenters. The summed E-state index contributed by atoms with van der Waals surface area (Å²) in [5, 5.41) is 3.45. The first-order chi connectivity index (χ1) is 9.56. The Kier molecular flexibility index (Phi) is 3.47. The van der Waals surface area contributed by atoms with Gasteiger partial charge in [-0.25, -0.2) is 9.37 Å². The molecule has 8 heteroatoms. The molecule has 0 aliphatic rings. The van der Waals surface area contributed by atoms with E-state index in [2.05, 4.69) is 31.1 Å². The molecule has 0 saturated heterocycles. The number of aromatic nitrogens is 4. The summed E-state index contributed by atoms with van der Waals surface area (Å²) in [6, 6.07) is 3.04. The summed E-state index contributed by atoms with van der Waals surface area (Å²) in [5.74, 6) is 0.766. The van der Waals surface area contributed by atoms with E-state index in [9.17, 15) is 4.39 Å². The maximum Gasteiger partial charge on any atom is 0.213 e. The maximum absolute atomic E-state index is 13.6. The average Bonchev–Trinajstić information content (AvgIpc) is 3.00. The topological polar surface area (TPSA) is 56.7 Å². The van der Waals surface area contributed by atoms with Crippen molar-refractivity contribution in [1.29, 1.82) is 0 Å². The number of hydrogen-bond donors (Lipinski definition) is 0. The quantitative estimate of drug-likeness (QED) is 0.670. The van der Waals surface area contributed by atoms with Gasteiger partial charge in [-0.15, -0.1) is 11.6 Å². The van der Waals surface area contributed by atoms with E-state index >= 15 is 0 Å². The summed E-state index contributed by atoms with van der Waals surface area (Å²) in [7, 11) is 0. The normalized spacial score (nSPS) is 13.0. The molecule has 1 aromatic carbocycles. The van der Waals surface area contributed by atoms with E-state index in [-0.39, 0.29) is 11.2 Å². The number of benzene rings is 1. The van der Waals surface area contributed by atoms with Crippen molar-refractivity contribution in [2.24, 2.45) is 0 Å². The molecular weight excluding hydrogens is 351 g/mol. The van der Waals surface area contributed by atoms with Gasteiger partial charge in [-0.05, 0) is 28.9 Å². The minimum absolute atomic E-state index is 0.323. The van der Waals surface area contributed by atoms with Crippen molar-refractivity contribution < 1.29 is 8.91 Å². The van der Waals surface area contributed by atoms with Crippen molar-refractivity contribution in [1.82, 2.24) is 19.7 Å². The van der Waals surface area contributed by atoms with Crippen LogP contribution in [-0.2, 0) is 6.54 Å². The molecule has 3 aromatic rings. The summed E-state index contributed by atoms with van der Waals surface area (Å²) in [6.45, 7) is 2.17. The van der Waals surface area contributed by atoms with Crippen molar-refractivity contribution in [3.8, 4) is 0 Å². The number of imidazole rings is 1. The first kappa shape index (κ1) is 13.5. The summed E-state index contributed by atoms with van der Waals surface area (Å²) in [6.07, 6.45) is 1.26. The highest BCUT2D eigenvalue weighted by Gasteiger charge is 2.18. The molecule has 2 aromatic heterocycles. The molecule has 20 heavy (non-hydrogen) atoms. The highest BCUT2D eigenvalue weighted by Crippen LogP contribution is 2.28. The standard InChI is InChI=1S/C12H9BrClFN4O/c1-6(14)12-17-9-3-8(15)7(13)2-10(9)19(12)4-11-16-5-20-18-11/h2-3,5-6H,4H2,1H3. The van der Waals surface area contributed by atoms with Crippen molar-refractivity contribution in [2.45, 2.75) is 18.8 Å². The Balaban J connectivity index is 2.20. The summed E-state index contributed by atoms with van der Waals surface area (Å²) >= 11 is 9.32. The van der Waals surface area contributed by atoms with E-state index in [1.807, 2.05) is 4.57 Å². The molecule has 0 radical (unpaired) electrons. The van der Waals surface area contributed by atoms with Crippen LogP contribution >= 0.6 is 27.5 Å². The van der Waals surface area contributed by atoms with Crippen LogP contribution in [0, 0.1) is 5.82 Å². The third kappa shape index (κ3) is 2.31. The molecule has 3 rings (SSSR count). The molecule has 0 spiro atoms. The molecular formula is C12H9BrClFN4O. The lowest BCUT2D eigenvalue weighted by Gasteiger charge is -2.08. The van der Waals surface area contributed by atoms with E-state index in [1.54, 1.807) is 13.0 Å². The zero-order valence-corrected chi connectivity index (χ0v) is 12.7. The monoisotopic (exact) mass is 358 g/mol. The fourth-order valence-electron chi connectivity index (χ4n) is 2.01. The van der Waals surface area contributed by atoms with Gasteiger partial charge in [0.15, 0.2) is 5.82 Å². The van der Waals surface area contributed by atoms with E-state index in [0.717, 1.165) is 5.52 Å². The average molecular weight is 360 g/mol. The van der Waals surface area contributed by atoms with E-state index in [0.29, 0.717) is 28.2 Å². The Morgan fingerprint density at radius 3 is 2.95 bits per heavy atom. The molecule has 0 fully saturated rings. The zero-order valence-electron chi connectivity index (χ0n) is 10.3. The Morgan fingerprint density at radius 2 is 2.30 bits per heavy atom. The second-order valence-corrected chi connectivity index (χ2v) is 5.78. The van der Waals surface area contributed by atoms with Gasteiger partial charge in [-0.2, -0.15) is 4.98 Å². The second-order valence-electron chi connectivity index (χ2n) is 4.27. The van der Waals surface area contributed by atoms with Crippen LogP contribution in [0.4, 0.5) is 4.39 Å². The Bertz CT molecular complexity index is 756. The highest BCUT2D eigenvalue weighted by atomic mass is 79.9. The van der Waals surface area contributed by atoms with Crippen molar-refractivity contribution in [3.63, 3.8) is 0 Å². The Hall–Kier alpha value is -1.47. The number of hydrogen-bond acceptors (Lipinski definition) is 4. The van der Waals surface area contributed by atoms with Crippen LogP contribution in [0.1, 0.15) is 23.9 Å². The fraction of sp³-hybridized carbons (Fsp3) is 0.250. The molecule has 0 saturated carbocycles. The number of nitrogens with zero attached hydrogens (tertiary/aromatic N) is 4. The SMILES string of the molecule is CC(Cl)c1nc2cc(F)c(Br)cc2n1Cc1ncon1. The van der Waals surface area contributed by atoms with Gasteiger partial charge in [0.05, 0.1) is 27.4 Å². The molecule has 0 bridgehead atoms. The Morgan fingerprint density at radius 1 is 1.50 bits per heavy atom. The minimum Gasteiger partial charge on any atom is -0.343 e. The van der Waals surface area contributed by atoms with Gasteiger partial charge < -0.3 is 9.09 Å². The summed E-state index contributed by atoms with van der Waals surface area (Å²) in [4.78, 5) is 8.36. The molecule has 0 aliphatic heterocycles. The van der Waals surface area contributed by atoms with Crippen LogP contribution in [0.3, 0.4) is 0 Å². The first-order valence-corrected chi connectivity index (χ1v) is 7.03. The molecule has 1 atom stereocenters. The van der Waals surface area contributed by atoms with Crippen LogP contribution in [0.25, 0.3) is 11.0 Å². The second kappa shape index (κ2) is 5.14. The molecule has 2 heterocycles. The fourth-order valence-corrected chi connectivity index (χ4v) is 2.51. The van der Waals surface area contributed by atoms with Crippen LogP contribution < -0.4 is 0 Å². The van der Waals surface area contributed by atoms with E-state index < -0.39 is 0 Å². The highest BCUT2D eigenvalue weighted by molar-refractivity contribution is 9.10. The van der Waals surface area contributed by atoms with Crippen LogP contribution in [0.2, 0.25) is 0 Å². The number of alkyl halides is 1. The van der Waals surface area contributed by atoms with Gasteiger partial charge in [0.25, 0.3) is 0 Å². The van der Waals surface area contributed by atoms with Gasteiger partial charge >= 0.3 is 0 Å². The van der Waals surface area contributed by atoms with Crippen LogP contribution in [0.15, 0.2) is 27.5 Å². The van der Waals surface area contributed by atoms with Crippen LogP contribution in [-0.4, -0.2) is 19.7 Å². The molecule has 0 N–H and O–H groups in total. The van der Waals surface area contributed by atoms with Crippen molar-refractivity contribution in [2.75, 3.05) is 0 Å². The number of rotatable bonds is 3. The summed E-state index contributed by atoms with van der Waals surface area (Å²) in [5.41, 5.74) is 1.29. The van der Waals surface area contributed by atoms with Gasteiger partial charge in [-0.1, -0.05) is 5.16 Å². The minimum atomic E-state index is -0.365. The lowest BCUT2D eigenvalue weighted by Crippen LogP contribution is -2.07. The lowest BCUT2D eigenvalue weighted by molar-refractivity contribution is 0.408. The van der Waals surface area contributed by atoms with E-state index in [4.69, 9.17) is 16.1 Å². The molecule has 0 amide bonds. The largest absolute Gasteiger partial charge is 0.343 e. The maximum atomic E-state index is 13.6. The third-order valence-corrected chi connectivity index (χ3v) is 3.68.